The highest BCUT2D eigenvalue weighted by molar-refractivity contribution is 7.99. The molecule has 0 bridgehead atoms. The Hall–Kier alpha value is -1.74. The SMILES string of the molecule is Cc1ccc(SCCC(=O)Nc2cccc(C)c2C)cc1. The van der Waals surface area contributed by atoms with Gasteiger partial charge in [0, 0.05) is 22.8 Å². The fourth-order valence-electron chi connectivity index (χ4n) is 2.00. The minimum absolute atomic E-state index is 0.0725. The highest BCUT2D eigenvalue weighted by atomic mass is 32.2. The average molecular weight is 299 g/mol. The maximum atomic E-state index is 12.0. The van der Waals surface area contributed by atoms with Crippen molar-refractivity contribution < 1.29 is 4.79 Å². The fraction of sp³-hybridized carbons (Fsp3) is 0.278. The lowest BCUT2D eigenvalue weighted by Crippen LogP contribution is -2.13. The zero-order valence-corrected chi connectivity index (χ0v) is 13.6. The van der Waals surface area contributed by atoms with E-state index in [9.17, 15) is 4.79 Å². The largest absolute Gasteiger partial charge is 0.326 e. The van der Waals surface area contributed by atoms with E-state index < -0.39 is 0 Å². The van der Waals surface area contributed by atoms with E-state index in [1.807, 2.05) is 19.1 Å². The Balaban J connectivity index is 1.82. The highest BCUT2D eigenvalue weighted by Crippen LogP contribution is 2.21. The number of hydrogen-bond donors (Lipinski definition) is 1. The maximum Gasteiger partial charge on any atom is 0.225 e. The third-order valence-electron chi connectivity index (χ3n) is 3.50. The molecule has 0 saturated carbocycles. The number of aryl methyl sites for hydroxylation is 2. The molecule has 1 N–H and O–H groups in total. The van der Waals surface area contributed by atoms with Gasteiger partial charge >= 0.3 is 0 Å². The molecule has 0 fully saturated rings. The Bertz CT molecular complexity index is 620. The normalized spacial score (nSPS) is 10.4. The number of thioether (sulfide) groups is 1. The minimum Gasteiger partial charge on any atom is -0.326 e. The second-order valence-corrected chi connectivity index (χ2v) is 6.38. The van der Waals surface area contributed by atoms with Crippen molar-refractivity contribution in [1.29, 1.82) is 0 Å². The van der Waals surface area contributed by atoms with Crippen molar-refractivity contribution in [2.75, 3.05) is 11.1 Å². The van der Waals surface area contributed by atoms with E-state index >= 15 is 0 Å². The zero-order chi connectivity index (χ0) is 15.2. The molecular formula is C18H21NOS. The summed E-state index contributed by atoms with van der Waals surface area (Å²) in [6.45, 7) is 6.16. The van der Waals surface area contributed by atoms with Crippen LogP contribution in [0.25, 0.3) is 0 Å². The van der Waals surface area contributed by atoms with E-state index in [1.54, 1.807) is 11.8 Å². The quantitative estimate of drug-likeness (QED) is 0.808. The molecular weight excluding hydrogens is 278 g/mol. The molecule has 2 aromatic carbocycles. The van der Waals surface area contributed by atoms with Crippen LogP contribution in [0.2, 0.25) is 0 Å². The first-order valence-electron chi connectivity index (χ1n) is 7.12. The van der Waals surface area contributed by atoms with Crippen molar-refractivity contribution in [3.8, 4) is 0 Å². The van der Waals surface area contributed by atoms with Gasteiger partial charge in [0.05, 0.1) is 0 Å². The number of benzene rings is 2. The van der Waals surface area contributed by atoms with Crippen molar-refractivity contribution in [2.45, 2.75) is 32.1 Å². The lowest BCUT2D eigenvalue weighted by atomic mass is 10.1. The van der Waals surface area contributed by atoms with Gasteiger partial charge in [-0.3, -0.25) is 4.79 Å². The van der Waals surface area contributed by atoms with E-state index in [1.165, 1.54) is 16.0 Å². The first-order chi connectivity index (χ1) is 10.1. The summed E-state index contributed by atoms with van der Waals surface area (Å²) in [6, 6.07) is 14.4. The number of rotatable bonds is 5. The molecule has 2 aromatic rings. The monoisotopic (exact) mass is 299 g/mol. The Morgan fingerprint density at radius 3 is 2.48 bits per heavy atom. The van der Waals surface area contributed by atoms with E-state index in [4.69, 9.17) is 0 Å². The number of anilines is 1. The first kappa shape index (κ1) is 15.6. The molecule has 0 heterocycles. The molecule has 0 spiro atoms. The van der Waals surface area contributed by atoms with Gasteiger partial charge in [-0.1, -0.05) is 29.8 Å². The van der Waals surface area contributed by atoms with Crippen LogP contribution in [0.4, 0.5) is 5.69 Å². The average Bonchev–Trinajstić information content (AvgIpc) is 2.46. The van der Waals surface area contributed by atoms with Gasteiger partial charge in [0.1, 0.15) is 0 Å². The topological polar surface area (TPSA) is 29.1 Å². The third kappa shape index (κ3) is 4.64. The van der Waals surface area contributed by atoms with Crippen molar-refractivity contribution in [1.82, 2.24) is 0 Å². The van der Waals surface area contributed by atoms with Crippen molar-refractivity contribution in [3.63, 3.8) is 0 Å². The Morgan fingerprint density at radius 1 is 1.05 bits per heavy atom. The first-order valence-corrected chi connectivity index (χ1v) is 8.10. The Morgan fingerprint density at radius 2 is 1.76 bits per heavy atom. The number of nitrogens with one attached hydrogen (secondary N) is 1. The summed E-state index contributed by atoms with van der Waals surface area (Å²) in [6.07, 6.45) is 0.520. The van der Waals surface area contributed by atoms with Gasteiger partial charge in [0.2, 0.25) is 5.91 Å². The van der Waals surface area contributed by atoms with Crippen LogP contribution in [0.5, 0.6) is 0 Å². The van der Waals surface area contributed by atoms with Crippen LogP contribution in [-0.4, -0.2) is 11.7 Å². The summed E-state index contributed by atoms with van der Waals surface area (Å²) in [7, 11) is 0. The number of amides is 1. The molecule has 3 heteroatoms. The van der Waals surface area contributed by atoms with E-state index in [0.29, 0.717) is 6.42 Å². The van der Waals surface area contributed by atoms with Gasteiger partial charge in [0.25, 0.3) is 0 Å². The van der Waals surface area contributed by atoms with E-state index in [0.717, 1.165) is 17.0 Å². The number of carbonyl (C=O) groups is 1. The highest BCUT2D eigenvalue weighted by Gasteiger charge is 2.06. The number of carbonyl (C=O) groups excluding carboxylic acids is 1. The third-order valence-corrected chi connectivity index (χ3v) is 4.51. The smallest absolute Gasteiger partial charge is 0.225 e. The molecule has 0 aliphatic heterocycles. The minimum atomic E-state index is 0.0725. The summed E-state index contributed by atoms with van der Waals surface area (Å²) >= 11 is 1.71. The standard InChI is InChI=1S/C18H21NOS/c1-13-7-9-16(10-8-13)21-12-11-18(20)19-17-6-4-5-14(2)15(17)3/h4-10H,11-12H2,1-3H3,(H,19,20). The van der Waals surface area contributed by atoms with Crippen LogP contribution >= 0.6 is 11.8 Å². The molecule has 110 valence electrons. The zero-order valence-electron chi connectivity index (χ0n) is 12.8. The fourth-order valence-corrected chi connectivity index (χ4v) is 2.85. The van der Waals surface area contributed by atoms with Gasteiger partial charge in [-0.2, -0.15) is 0 Å². The molecule has 0 atom stereocenters. The molecule has 2 rings (SSSR count). The van der Waals surface area contributed by atoms with Crippen LogP contribution in [-0.2, 0) is 4.79 Å². The molecule has 0 saturated heterocycles. The van der Waals surface area contributed by atoms with E-state index in [2.05, 4.69) is 49.5 Å². The summed E-state index contributed by atoms with van der Waals surface area (Å²) in [5, 5.41) is 2.99. The van der Waals surface area contributed by atoms with Gasteiger partial charge in [-0.15, -0.1) is 11.8 Å². The van der Waals surface area contributed by atoms with Crippen molar-refractivity contribution in [3.05, 3.63) is 59.2 Å². The Kier molecular flexibility index (Phi) is 5.45. The summed E-state index contributed by atoms with van der Waals surface area (Å²) in [5.74, 6) is 0.864. The second kappa shape index (κ2) is 7.32. The molecule has 0 unspecified atom stereocenters. The molecule has 1 amide bonds. The van der Waals surface area contributed by atoms with Crippen LogP contribution in [0, 0.1) is 20.8 Å². The van der Waals surface area contributed by atoms with Crippen LogP contribution in [0.3, 0.4) is 0 Å². The summed E-state index contributed by atoms with van der Waals surface area (Å²) in [5.41, 5.74) is 4.51. The van der Waals surface area contributed by atoms with E-state index in [-0.39, 0.29) is 5.91 Å². The molecule has 2 nitrogen and oxygen atoms in total. The van der Waals surface area contributed by atoms with Gasteiger partial charge in [0.15, 0.2) is 0 Å². The molecule has 0 aromatic heterocycles. The van der Waals surface area contributed by atoms with Gasteiger partial charge < -0.3 is 5.32 Å². The van der Waals surface area contributed by atoms with Crippen LogP contribution < -0.4 is 5.32 Å². The second-order valence-electron chi connectivity index (χ2n) is 5.21. The van der Waals surface area contributed by atoms with Crippen LogP contribution in [0.15, 0.2) is 47.4 Å². The molecule has 0 aliphatic carbocycles. The molecule has 0 aliphatic rings. The maximum absolute atomic E-state index is 12.0. The summed E-state index contributed by atoms with van der Waals surface area (Å²) < 4.78 is 0. The predicted octanol–water partition coefficient (Wildman–Crippen LogP) is 4.73. The number of hydrogen-bond acceptors (Lipinski definition) is 2. The van der Waals surface area contributed by atoms with Gasteiger partial charge in [-0.25, -0.2) is 0 Å². The molecule has 21 heavy (non-hydrogen) atoms. The molecule has 0 radical (unpaired) electrons. The summed E-state index contributed by atoms with van der Waals surface area (Å²) in [4.78, 5) is 13.2. The van der Waals surface area contributed by atoms with Gasteiger partial charge in [-0.05, 0) is 50.1 Å². The van der Waals surface area contributed by atoms with Crippen LogP contribution in [0.1, 0.15) is 23.1 Å². The predicted molar refractivity (Wildman–Crippen MR) is 91.1 cm³/mol. The lowest BCUT2D eigenvalue weighted by molar-refractivity contribution is -0.115. The Labute approximate surface area is 131 Å². The van der Waals surface area contributed by atoms with Crippen molar-refractivity contribution >= 4 is 23.4 Å². The lowest BCUT2D eigenvalue weighted by Gasteiger charge is -2.10. The van der Waals surface area contributed by atoms with Crippen molar-refractivity contribution in [2.24, 2.45) is 0 Å².